The van der Waals surface area contributed by atoms with E-state index >= 15 is 0 Å². The standard InChI is InChI=1S/C21H27N3O3/c1-5-14(2)23-21(25)16-8-18(12-22-11-16)24-7-6-15-9-19(26-3)20(27-4)10-17(15)13-24/h8-12,14H,5-7,13H2,1-4H3,(H,23,25). The second kappa shape index (κ2) is 8.29. The molecule has 0 fully saturated rings. The van der Waals surface area contributed by atoms with Gasteiger partial charge in [0.05, 0.1) is 31.7 Å². The van der Waals surface area contributed by atoms with Crippen LogP contribution in [-0.4, -0.2) is 37.7 Å². The molecular formula is C21H27N3O3. The molecule has 1 N–H and O–H groups in total. The summed E-state index contributed by atoms with van der Waals surface area (Å²) in [4.78, 5) is 18.9. The largest absolute Gasteiger partial charge is 0.493 e. The Balaban J connectivity index is 1.81. The molecule has 1 aliphatic rings. The van der Waals surface area contributed by atoms with Crippen LogP contribution < -0.4 is 19.7 Å². The zero-order chi connectivity index (χ0) is 19.4. The smallest absolute Gasteiger partial charge is 0.253 e. The van der Waals surface area contributed by atoms with E-state index in [1.54, 1.807) is 20.4 Å². The van der Waals surface area contributed by atoms with Crippen LogP contribution in [0, 0.1) is 0 Å². The number of anilines is 1. The third kappa shape index (κ3) is 4.15. The van der Waals surface area contributed by atoms with Gasteiger partial charge in [-0.3, -0.25) is 9.78 Å². The Morgan fingerprint density at radius 2 is 1.89 bits per heavy atom. The molecule has 2 heterocycles. The van der Waals surface area contributed by atoms with Gasteiger partial charge >= 0.3 is 0 Å². The van der Waals surface area contributed by atoms with Crippen LogP contribution in [0.5, 0.6) is 11.5 Å². The van der Waals surface area contributed by atoms with Gasteiger partial charge in [0.1, 0.15) is 0 Å². The van der Waals surface area contributed by atoms with Crippen LogP contribution in [0.15, 0.2) is 30.6 Å². The molecule has 0 bridgehead atoms. The Bertz CT molecular complexity index is 822. The van der Waals surface area contributed by atoms with Gasteiger partial charge in [0.15, 0.2) is 11.5 Å². The van der Waals surface area contributed by atoms with E-state index in [4.69, 9.17) is 9.47 Å². The summed E-state index contributed by atoms with van der Waals surface area (Å²) in [7, 11) is 3.30. The van der Waals surface area contributed by atoms with E-state index in [0.717, 1.165) is 43.1 Å². The molecule has 6 heteroatoms. The van der Waals surface area contributed by atoms with Crippen molar-refractivity contribution < 1.29 is 14.3 Å². The summed E-state index contributed by atoms with van der Waals surface area (Å²) in [6.07, 6.45) is 5.23. The van der Waals surface area contributed by atoms with Gasteiger partial charge < -0.3 is 19.7 Å². The molecule has 0 radical (unpaired) electrons. The first-order chi connectivity index (χ1) is 13.0. The lowest BCUT2D eigenvalue weighted by atomic mass is 9.98. The van der Waals surface area contributed by atoms with Crippen molar-refractivity contribution in [1.29, 1.82) is 0 Å². The van der Waals surface area contributed by atoms with Crippen LogP contribution in [0.1, 0.15) is 41.8 Å². The molecule has 1 aliphatic heterocycles. The first-order valence-corrected chi connectivity index (χ1v) is 9.30. The molecule has 1 amide bonds. The number of aromatic nitrogens is 1. The Morgan fingerprint density at radius 1 is 1.19 bits per heavy atom. The number of pyridine rings is 1. The second-order valence-electron chi connectivity index (χ2n) is 6.86. The lowest BCUT2D eigenvalue weighted by Gasteiger charge is -2.31. The monoisotopic (exact) mass is 369 g/mol. The Kier molecular flexibility index (Phi) is 5.84. The highest BCUT2D eigenvalue weighted by Gasteiger charge is 2.21. The number of carbonyl (C=O) groups is 1. The fourth-order valence-electron chi connectivity index (χ4n) is 3.24. The van der Waals surface area contributed by atoms with Crippen LogP contribution in [0.2, 0.25) is 0 Å². The van der Waals surface area contributed by atoms with E-state index in [1.165, 1.54) is 11.1 Å². The lowest BCUT2D eigenvalue weighted by Crippen LogP contribution is -2.33. The average molecular weight is 369 g/mol. The van der Waals surface area contributed by atoms with Crippen molar-refractivity contribution in [3.8, 4) is 11.5 Å². The van der Waals surface area contributed by atoms with Crippen LogP contribution in [0.4, 0.5) is 5.69 Å². The molecule has 1 atom stereocenters. The summed E-state index contributed by atoms with van der Waals surface area (Å²) in [5, 5.41) is 2.99. The van der Waals surface area contributed by atoms with E-state index in [1.807, 2.05) is 32.2 Å². The molecule has 1 aromatic heterocycles. The lowest BCUT2D eigenvalue weighted by molar-refractivity contribution is 0.0939. The maximum absolute atomic E-state index is 12.4. The molecule has 0 saturated heterocycles. The first-order valence-electron chi connectivity index (χ1n) is 9.30. The zero-order valence-electron chi connectivity index (χ0n) is 16.4. The topological polar surface area (TPSA) is 63.7 Å². The predicted octanol–water partition coefficient (Wildman–Crippen LogP) is 3.19. The molecule has 1 unspecified atom stereocenters. The van der Waals surface area contributed by atoms with Crippen molar-refractivity contribution in [2.24, 2.45) is 0 Å². The maximum Gasteiger partial charge on any atom is 0.253 e. The number of benzene rings is 1. The number of nitrogens with zero attached hydrogens (tertiary/aromatic N) is 2. The minimum atomic E-state index is -0.0810. The first kappa shape index (κ1) is 19.0. The molecule has 3 rings (SSSR count). The zero-order valence-corrected chi connectivity index (χ0v) is 16.4. The molecule has 0 aliphatic carbocycles. The molecule has 1 aromatic carbocycles. The number of amides is 1. The van der Waals surface area contributed by atoms with E-state index in [9.17, 15) is 4.79 Å². The van der Waals surface area contributed by atoms with Crippen molar-refractivity contribution >= 4 is 11.6 Å². The number of rotatable bonds is 6. The molecule has 2 aromatic rings. The summed E-state index contributed by atoms with van der Waals surface area (Å²) >= 11 is 0. The van der Waals surface area contributed by atoms with Gasteiger partial charge in [0.25, 0.3) is 5.91 Å². The van der Waals surface area contributed by atoms with Gasteiger partial charge in [-0.05, 0) is 49.1 Å². The summed E-state index contributed by atoms with van der Waals surface area (Å²) in [5.74, 6) is 1.41. The minimum absolute atomic E-state index is 0.0810. The highest BCUT2D eigenvalue weighted by molar-refractivity contribution is 5.94. The Morgan fingerprint density at radius 3 is 2.56 bits per heavy atom. The summed E-state index contributed by atoms with van der Waals surface area (Å²) in [5.41, 5.74) is 4.01. The van der Waals surface area contributed by atoms with Crippen molar-refractivity contribution in [2.75, 3.05) is 25.7 Å². The van der Waals surface area contributed by atoms with Crippen molar-refractivity contribution in [3.63, 3.8) is 0 Å². The molecular weight excluding hydrogens is 342 g/mol. The molecule has 144 valence electrons. The van der Waals surface area contributed by atoms with Crippen molar-refractivity contribution in [1.82, 2.24) is 10.3 Å². The highest BCUT2D eigenvalue weighted by Crippen LogP contribution is 2.34. The number of fused-ring (bicyclic) bond motifs is 1. The second-order valence-corrected chi connectivity index (χ2v) is 6.86. The summed E-state index contributed by atoms with van der Waals surface area (Å²) in [6, 6.07) is 6.15. The average Bonchev–Trinajstić information content (AvgIpc) is 2.72. The minimum Gasteiger partial charge on any atom is -0.493 e. The maximum atomic E-state index is 12.4. The third-order valence-corrected chi connectivity index (χ3v) is 5.06. The van der Waals surface area contributed by atoms with Gasteiger partial charge in [-0.15, -0.1) is 0 Å². The molecule has 0 saturated carbocycles. The number of nitrogens with one attached hydrogen (secondary N) is 1. The van der Waals surface area contributed by atoms with Crippen LogP contribution in [0.3, 0.4) is 0 Å². The van der Waals surface area contributed by atoms with Gasteiger partial charge in [0, 0.05) is 25.3 Å². The van der Waals surface area contributed by atoms with Gasteiger partial charge in [-0.2, -0.15) is 0 Å². The quantitative estimate of drug-likeness (QED) is 0.847. The highest BCUT2D eigenvalue weighted by atomic mass is 16.5. The molecule has 27 heavy (non-hydrogen) atoms. The molecule has 0 spiro atoms. The van der Waals surface area contributed by atoms with Crippen LogP contribution in [-0.2, 0) is 13.0 Å². The number of methoxy groups -OCH3 is 2. The predicted molar refractivity (Wildman–Crippen MR) is 106 cm³/mol. The fourth-order valence-corrected chi connectivity index (χ4v) is 3.24. The summed E-state index contributed by atoms with van der Waals surface area (Å²) < 4.78 is 10.8. The van der Waals surface area contributed by atoms with E-state index in [2.05, 4.69) is 21.3 Å². The van der Waals surface area contributed by atoms with E-state index in [-0.39, 0.29) is 11.9 Å². The van der Waals surface area contributed by atoms with Gasteiger partial charge in [-0.1, -0.05) is 6.92 Å². The van der Waals surface area contributed by atoms with Crippen LogP contribution in [0.25, 0.3) is 0 Å². The number of hydrogen-bond donors (Lipinski definition) is 1. The normalized spacial score (nSPS) is 14.3. The number of carbonyl (C=O) groups excluding carboxylic acids is 1. The number of ether oxygens (including phenoxy) is 2. The molecule has 6 nitrogen and oxygen atoms in total. The van der Waals surface area contributed by atoms with E-state index in [0.29, 0.717) is 5.56 Å². The fraction of sp³-hybridized carbons (Fsp3) is 0.429. The van der Waals surface area contributed by atoms with E-state index < -0.39 is 0 Å². The van der Waals surface area contributed by atoms with Crippen LogP contribution >= 0.6 is 0 Å². The van der Waals surface area contributed by atoms with Gasteiger partial charge in [-0.25, -0.2) is 0 Å². The summed E-state index contributed by atoms with van der Waals surface area (Å²) in [6.45, 7) is 5.65. The van der Waals surface area contributed by atoms with Crippen molar-refractivity contribution in [3.05, 3.63) is 47.3 Å². The Hall–Kier alpha value is -2.76. The van der Waals surface area contributed by atoms with Crippen molar-refractivity contribution in [2.45, 2.75) is 39.3 Å². The Labute approximate surface area is 160 Å². The van der Waals surface area contributed by atoms with Gasteiger partial charge in [0.2, 0.25) is 0 Å². The number of hydrogen-bond acceptors (Lipinski definition) is 5. The SMILES string of the molecule is CCC(C)NC(=O)c1cncc(N2CCc3cc(OC)c(OC)cc3C2)c1. The third-order valence-electron chi connectivity index (χ3n) is 5.06.